The number of anilines is 2. The Kier molecular flexibility index (Phi) is 6.88. The van der Waals surface area contributed by atoms with Crippen LogP contribution in [-0.2, 0) is 19.6 Å². The Bertz CT molecular complexity index is 1160. The van der Waals surface area contributed by atoms with E-state index >= 15 is 0 Å². The molecule has 0 saturated heterocycles. The zero-order chi connectivity index (χ0) is 22.3. The maximum absolute atomic E-state index is 12.5. The first kappa shape index (κ1) is 21.8. The third-order valence-corrected chi connectivity index (χ3v) is 5.53. The van der Waals surface area contributed by atoms with Crippen molar-refractivity contribution in [3.63, 3.8) is 0 Å². The number of carbonyl (C=O) groups excluding carboxylic acids is 2. The van der Waals surface area contributed by atoms with E-state index < -0.39 is 21.9 Å². The summed E-state index contributed by atoms with van der Waals surface area (Å²) >= 11 is 0. The molecule has 1 amide bonds. The van der Waals surface area contributed by atoms with Gasteiger partial charge in [0.05, 0.1) is 12.0 Å². The number of esters is 1. The van der Waals surface area contributed by atoms with Crippen molar-refractivity contribution in [3.8, 4) is 5.75 Å². The predicted octanol–water partition coefficient (Wildman–Crippen LogP) is 3.29. The first-order valence-electron chi connectivity index (χ1n) is 9.16. The summed E-state index contributed by atoms with van der Waals surface area (Å²) in [6, 6.07) is 20.6. The number of hydrogen-bond donors (Lipinski definition) is 2. The summed E-state index contributed by atoms with van der Waals surface area (Å²) in [4.78, 5) is 23.7. The van der Waals surface area contributed by atoms with Crippen LogP contribution in [0.15, 0.2) is 83.8 Å². The van der Waals surface area contributed by atoms with Crippen LogP contribution in [-0.4, -0.2) is 34.0 Å². The van der Waals surface area contributed by atoms with Crippen molar-refractivity contribution in [1.82, 2.24) is 0 Å². The van der Waals surface area contributed by atoms with Crippen LogP contribution in [0.3, 0.4) is 0 Å². The van der Waals surface area contributed by atoms with E-state index in [9.17, 15) is 18.0 Å². The van der Waals surface area contributed by atoms with Crippen LogP contribution in [0.5, 0.6) is 5.75 Å². The third-order valence-electron chi connectivity index (χ3n) is 4.13. The van der Waals surface area contributed by atoms with Gasteiger partial charge in [-0.3, -0.25) is 9.52 Å². The van der Waals surface area contributed by atoms with Gasteiger partial charge in [-0.2, -0.15) is 0 Å². The minimum absolute atomic E-state index is 0.0334. The number of amides is 1. The lowest BCUT2D eigenvalue weighted by Crippen LogP contribution is -2.15. The number of carbonyl (C=O) groups is 2. The predicted molar refractivity (Wildman–Crippen MR) is 116 cm³/mol. The fourth-order valence-corrected chi connectivity index (χ4v) is 3.63. The quantitative estimate of drug-likeness (QED) is 0.520. The number of ether oxygens (including phenoxy) is 2. The zero-order valence-corrected chi connectivity index (χ0v) is 17.4. The summed E-state index contributed by atoms with van der Waals surface area (Å²) in [6.45, 7) is -0.249. The van der Waals surface area contributed by atoms with Crippen LogP contribution in [0.4, 0.5) is 11.4 Å². The van der Waals surface area contributed by atoms with Crippen molar-refractivity contribution in [2.45, 2.75) is 4.90 Å². The van der Waals surface area contributed by atoms with E-state index in [2.05, 4.69) is 14.8 Å². The molecule has 0 bridgehead atoms. The van der Waals surface area contributed by atoms with E-state index in [4.69, 9.17) is 4.74 Å². The van der Waals surface area contributed by atoms with Gasteiger partial charge in [-0.1, -0.05) is 24.3 Å². The molecule has 8 nitrogen and oxygen atoms in total. The molecule has 0 radical (unpaired) electrons. The van der Waals surface area contributed by atoms with Crippen LogP contribution < -0.4 is 14.8 Å². The molecule has 0 aromatic heterocycles. The summed E-state index contributed by atoms with van der Waals surface area (Å²) in [5.41, 5.74) is 1.17. The summed E-state index contributed by atoms with van der Waals surface area (Å²) in [6.07, 6.45) is 0. The molecule has 0 aliphatic rings. The lowest BCUT2D eigenvalue weighted by molar-refractivity contribution is -0.142. The highest BCUT2D eigenvalue weighted by Crippen LogP contribution is 2.20. The van der Waals surface area contributed by atoms with E-state index in [0.29, 0.717) is 17.1 Å². The summed E-state index contributed by atoms with van der Waals surface area (Å²) in [5.74, 6) is -0.562. The normalized spacial score (nSPS) is 10.7. The Morgan fingerprint density at radius 1 is 0.871 bits per heavy atom. The molecule has 0 fully saturated rings. The standard InChI is InChI=1S/C22H20N2O6S/c1-29-21(25)15-30-19-9-5-8-18(14-19)23-22(26)16-10-12-20(13-11-16)31(27,28)24-17-6-3-2-4-7-17/h2-14,24H,15H2,1H3,(H,23,26). The van der Waals surface area contributed by atoms with Gasteiger partial charge in [0.15, 0.2) is 6.61 Å². The van der Waals surface area contributed by atoms with Gasteiger partial charge in [-0.15, -0.1) is 0 Å². The molecule has 0 saturated carbocycles. The maximum Gasteiger partial charge on any atom is 0.343 e. The molecule has 3 aromatic rings. The first-order valence-corrected chi connectivity index (χ1v) is 10.6. The smallest absolute Gasteiger partial charge is 0.343 e. The van der Waals surface area contributed by atoms with Crippen LogP contribution in [0.25, 0.3) is 0 Å². The first-order chi connectivity index (χ1) is 14.9. The maximum atomic E-state index is 12.5. The zero-order valence-electron chi connectivity index (χ0n) is 16.6. The number of methoxy groups -OCH3 is 1. The highest BCUT2D eigenvalue weighted by Gasteiger charge is 2.15. The number of para-hydroxylation sites is 1. The Morgan fingerprint density at radius 3 is 2.23 bits per heavy atom. The SMILES string of the molecule is COC(=O)COc1cccc(NC(=O)c2ccc(S(=O)(=O)Nc3ccccc3)cc2)c1. The van der Waals surface area contributed by atoms with Gasteiger partial charge in [-0.25, -0.2) is 13.2 Å². The number of sulfonamides is 1. The Hall–Kier alpha value is -3.85. The van der Waals surface area contributed by atoms with Crippen LogP contribution >= 0.6 is 0 Å². The van der Waals surface area contributed by atoms with E-state index in [1.807, 2.05) is 0 Å². The van der Waals surface area contributed by atoms with Crippen molar-refractivity contribution < 1.29 is 27.5 Å². The van der Waals surface area contributed by atoms with Crippen molar-refractivity contribution in [2.75, 3.05) is 23.8 Å². The largest absolute Gasteiger partial charge is 0.482 e. The molecule has 0 spiro atoms. The summed E-state index contributed by atoms with van der Waals surface area (Å²) in [7, 11) is -2.51. The topological polar surface area (TPSA) is 111 Å². The Labute approximate surface area is 179 Å². The molecule has 2 N–H and O–H groups in total. The number of rotatable bonds is 8. The summed E-state index contributed by atoms with van der Waals surface area (Å²) < 4.78 is 37.2. The number of nitrogens with one attached hydrogen (secondary N) is 2. The average molecular weight is 440 g/mol. The lowest BCUT2D eigenvalue weighted by atomic mass is 10.2. The molecule has 0 heterocycles. The molecule has 0 atom stereocenters. The molecule has 31 heavy (non-hydrogen) atoms. The molecule has 0 aliphatic carbocycles. The molecular formula is C22H20N2O6S. The van der Waals surface area contributed by atoms with E-state index in [-0.39, 0.29) is 17.1 Å². The molecule has 160 valence electrons. The van der Waals surface area contributed by atoms with Gasteiger partial charge in [0.2, 0.25) is 0 Å². The van der Waals surface area contributed by atoms with Crippen LogP contribution in [0.2, 0.25) is 0 Å². The van der Waals surface area contributed by atoms with Crippen molar-refractivity contribution in [3.05, 3.63) is 84.4 Å². The third kappa shape index (κ3) is 6.06. The highest BCUT2D eigenvalue weighted by atomic mass is 32.2. The van der Waals surface area contributed by atoms with E-state index in [0.717, 1.165) is 0 Å². The average Bonchev–Trinajstić information content (AvgIpc) is 2.78. The molecule has 3 rings (SSSR count). The van der Waals surface area contributed by atoms with Crippen LogP contribution in [0, 0.1) is 0 Å². The van der Waals surface area contributed by atoms with Crippen molar-refractivity contribution in [1.29, 1.82) is 0 Å². The molecule has 0 aliphatic heterocycles. The Morgan fingerprint density at radius 2 is 1.55 bits per heavy atom. The van der Waals surface area contributed by atoms with Crippen LogP contribution in [0.1, 0.15) is 10.4 Å². The van der Waals surface area contributed by atoms with Gasteiger partial charge in [0.1, 0.15) is 5.75 Å². The number of benzene rings is 3. The Balaban J connectivity index is 1.66. The molecule has 9 heteroatoms. The minimum atomic E-state index is -3.77. The fraction of sp³-hybridized carbons (Fsp3) is 0.0909. The second-order valence-corrected chi connectivity index (χ2v) is 8.03. The van der Waals surface area contributed by atoms with E-state index in [1.165, 1.54) is 31.4 Å². The second-order valence-electron chi connectivity index (χ2n) is 6.34. The lowest BCUT2D eigenvalue weighted by Gasteiger charge is -2.10. The second kappa shape index (κ2) is 9.77. The monoisotopic (exact) mass is 440 g/mol. The van der Waals surface area contributed by atoms with Gasteiger partial charge >= 0.3 is 5.97 Å². The van der Waals surface area contributed by atoms with Crippen molar-refractivity contribution in [2.24, 2.45) is 0 Å². The van der Waals surface area contributed by atoms with Gasteiger partial charge in [0, 0.05) is 23.0 Å². The number of hydrogen-bond acceptors (Lipinski definition) is 6. The van der Waals surface area contributed by atoms with Crippen molar-refractivity contribution >= 4 is 33.3 Å². The highest BCUT2D eigenvalue weighted by molar-refractivity contribution is 7.92. The minimum Gasteiger partial charge on any atom is -0.482 e. The van der Waals surface area contributed by atoms with Gasteiger partial charge in [-0.05, 0) is 48.5 Å². The van der Waals surface area contributed by atoms with Gasteiger partial charge < -0.3 is 14.8 Å². The van der Waals surface area contributed by atoms with Gasteiger partial charge in [0.25, 0.3) is 15.9 Å². The van der Waals surface area contributed by atoms with E-state index in [1.54, 1.807) is 54.6 Å². The molecule has 0 unspecified atom stereocenters. The molecule has 3 aromatic carbocycles. The fourth-order valence-electron chi connectivity index (χ4n) is 2.57. The summed E-state index contributed by atoms with van der Waals surface area (Å²) in [5, 5.41) is 2.70. The molecular weight excluding hydrogens is 420 g/mol.